The topological polar surface area (TPSA) is 84.2 Å². The van der Waals surface area contributed by atoms with Gasteiger partial charge in [-0.3, -0.25) is 9.48 Å². The molecular weight excluding hydrogens is 258 g/mol. The van der Waals surface area contributed by atoms with Crippen molar-refractivity contribution in [3.63, 3.8) is 0 Å². The zero-order valence-corrected chi connectivity index (χ0v) is 12.5. The second-order valence-corrected chi connectivity index (χ2v) is 5.08. The number of carboxylic acids is 1. The van der Waals surface area contributed by atoms with Gasteiger partial charge in [0.2, 0.25) is 0 Å². The summed E-state index contributed by atoms with van der Waals surface area (Å²) in [5, 5.41) is 16.0. The highest BCUT2D eigenvalue weighted by molar-refractivity contribution is 5.95. The monoisotopic (exact) mass is 281 g/mol. The number of hydrogen-bond donors (Lipinski definition) is 2. The zero-order valence-electron chi connectivity index (χ0n) is 12.5. The second-order valence-electron chi connectivity index (χ2n) is 5.08. The van der Waals surface area contributed by atoms with Crippen molar-refractivity contribution in [3.8, 4) is 0 Å². The molecule has 0 aliphatic rings. The summed E-state index contributed by atoms with van der Waals surface area (Å²) in [6, 6.07) is 0.879. The average Bonchev–Trinajstić information content (AvgIpc) is 2.82. The summed E-state index contributed by atoms with van der Waals surface area (Å²) in [6.07, 6.45) is 1.11. The van der Waals surface area contributed by atoms with Crippen LogP contribution in [0.15, 0.2) is 6.07 Å². The lowest BCUT2D eigenvalue weighted by Gasteiger charge is -2.13. The summed E-state index contributed by atoms with van der Waals surface area (Å²) in [5.41, 5.74) is 1.25. The lowest BCUT2D eigenvalue weighted by atomic mass is 10.1. The van der Waals surface area contributed by atoms with Crippen LogP contribution in [0.4, 0.5) is 0 Å². The molecule has 0 aromatic carbocycles. The molecule has 0 saturated heterocycles. The molecule has 0 bridgehead atoms. The third-order valence-electron chi connectivity index (χ3n) is 3.10. The maximum absolute atomic E-state index is 12.2. The third kappa shape index (κ3) is 3.82. The zero-order chi connectivity index (χ0) is 15.3. The number of nitrogens with one attached hydrogen (secondary N) is 1. The molecular formula is C14H23N3O3. The van der Waals surface area contributed by atoms with Gasteiger partial charge in [0.25, 0.3) is 5.91 Å². The van der Waals surface area contributed by atoms with Crippen LogP contribution in [0.25, 0.3) is 0 Å². The fourth-order valence-corrected chi connectivity index (χ4v) is 1.92. The van der Waals surface area contributed by atoms with Crippen LogP contribution in [0.2, 0.25) is 0 Å². The first kappa shape index (κ1) is 16.2. The normalized spacial score (nSPS) is 12.4. The predicted molar refractivity (Wildman–Crippen MR) is 75.8 cm³/mol. The lowest BCUT2D eigenvalue weighted by molar-refractivity contribution is -0.139. The van der Waals surface area contributed by atoms with E-state index in [1.54, 1.807) is 10.7 Å². The van der Waals surface area contributed by atoms with E-state index in [9.17, 15) is 9.59 Å². The van der Waals surface area contributed by atoms with Gasteiger partial charge in [0, 0.05) is 6.54 Å². The first-order chi connectivity index (χ1) is 9.40. The Bertz CT molecular complexity index is 480. The number of hydrogen-bond acceptors (Lipinski definition) is 3. The van der Waals surface area contributed by atoms with E-state index in [1.807, 2.05) is 27.7 Å². The number of carboxylic acid groups (broad SMARTS) is 1. The van der Waals surface area contributed by atoms with Gasteiger partial charge < -0.3 is 10.4 Å². The van der Waals surface area contributed by atoms with E-state index in [1.165, 1.54) is 0 Å². The largest absolute Gasteiger partial charge is 0.480 e. The van der Waals surface area contributed by atoms with Crippen LogP contribution in [-0.4, -0.2) is 32.8 Å². The molecule has 0 saturated carbocycles. The summed E-state index contributed by atoms with van der Waals surface area (Å²) < 4.78 is 1.61. The van der Waals surface area contributed by atoms with Crippen LogP contribution in [0.3, 0.4) is 0 Å². The number of nitrogens with zero attached hydrogens (tertiary/aromatic N) is 2. The minimum absolute atomic E-state index is 0.222. The summed E-state index contributed by atoms with van der Waals surface area (Å²) in [4.78, 5) is 23.3. The van der Waals surface area contributed by atoms with Crippen molar-refractivity contribution >= 4 is 11.9 Å². The number of carbonyl (C=O) groups excluding carboxylic acids is 1. The number of aliphatic carboxylic acids is 1. The van der Waals surface area contributed by atoms with Crippen molar-refractivity contribution in [2.75, 3.05) is 0 Å². The molecule has 20 heavy (non-hydrogen) atoms. The molecule has 6 heteroatoms. The average molecular weight is 281 g/mol. The highest BCUT2D eigenvalue weighted by Gasteiger charge is 2.22. The van der Waals surface area contributed by atoms with Crippen molar-refractivity contribution in [2.45, 2.75) is 59.0 Å². The molecule has 1 amide bonds. The smallest absolute Gasteiger partial charge is 0.326 e. The Kier molecular flexibility index (Phi) is 5.73. The van der Waals surface area contributed by atoms with E-state index in [0.29, 0.717) is 25.1 Å². The molecule has 1 atom stereocenters. The fraction of sp³-hybridized carbons (Fsp3) is 0.643. The molecule has 1 heterocycles. The third-order valence-corrected chi connectivity index (χ3v) is 3.10. The molecule has 2 N–H and O–H groups in total. The summed E-state index contributed by atoms with van der Waals surface area (Å²) >= 11 is 0. The van der Waals surface area contributed by atoms with Gasteiger partial charge in [-0.05, 0) is 25.3 Å². The van der Waals surface area contributed by atoms with Crippen molar-refractivity contribution in [2.24, 2.45) is 0 Å². The quantitative estimate of drug-likeness (QED) is 0.800. The molecule has 0 radical (unpaired) electrons. The molecule has 1 aromatic rings. The van der Waals surface area contributed by atoms with Gasteiger partial charge in [-0.25, -0.2) is 4.79 Å². The minimum atomic E-state index is -1.01. The number of rotatable bonds is 7. The van der Waals surface area contributed by atoms with Crippen LogP contribution in [0.1, 0.15) is 62.6 Å². The van der Waals surface area contributed by atoms with Crippen LogP contribution in [-0.2, 0) is 11.3 Å². The van der Waals surface area contributed by atoms with Gasteiger partial charge in [-0.15, -0.1) is 0 Å². The van der Waals surface area contributed by atoms with Crippen LogP contribution in [0, 0.1) is 0 Å². The van der Waals surface area contributed by atoms with Crippen molar-refractivity contribution < 1.29 is 14.7 Å². The summed E-state index contributed by atoms with van der Waals surface area (Å²) in [5.74, 6) is -1.17. The van der Waals surface area contributed by atoms with Gasteiger partial charge in [0.15, 0.2) is 0 Å². The first-order valence-electron chi connectivity index (χ1n) is 7.02. The van der Waals surface area contributed by atoms with Gasteiger partial charge in [-0.1, -0.05) is 27.2 Å². The Hall–Kier alpha value is -1.85. The Morgan fingerprint density at radius 1 is 1.40 bits per heavy atom. The minimum Gasteiger partial charge on any atom is -0.480 e. The van der Waals surface area contributed by atoms with E-state index in [4.69, 9.17) is 5.11 Å². The van der Waals surface area contributed by atoms with Gasteiger partial charge in [0.1, 0.15) is 11.7 Å². The van der Waals surface area contributed by atoms with E-state index >= 15 is 0 Å². The molecule has 112 valence electrons. The van der Waals surface area contributed by atoms with E-state index < -0.39 is 12.0 Å². The highest BCUT2D eigenvalue weighted by Crippen LogP contribution is 2.15. The number of aryl methyl sites for hydroxylation is 1. The van der Waals surface area contributed by atoms with Crippen LogP contribution < -0.4 is 5.32 Å². The Labute approximate surface area is 119 Å². The lowest BCUT2D eigenvalue weighted by Crippen LogP contribution is -2.41. The molecule has 0 aliphatic heterocycles. The van der Waals surface area contributed by atoms with E-state index in [2.05, 4.69) is 10.4 Å². The Balaban J connectivity index is 2.93. The SMILES string of the molecule is CCC[C@H](NC(=O)c1cc(C(C)C)nn1CC)C(=O)O. The predicted octanol–water partition coefficient (Wildman–Crippen LogP) is 2.01. The van der Waals surface area contributed by atoms with Gasteiger partial charge in [0.05, 0.1) is 5.69 Å². The van der Waals surface area contributed by atoms with Crippen molar-refractivity contribution in [3.05, 3.63) is 17.5 Å². The summed E-state index contributed by atoms with van der Waals surface area (Å²) in [7, 11) is 0. The van der Waals surface area contributed by atoms with E-state index in [0.717, 1.165) is 5.69 Å². The van der Waals surface area contributed by atoms with Gasteiger partial charge in [-0.2, -0.15) is 5.10 Å². The van der Waals surface area contributed by atoms with Gasteiger partial charge >= 0.3 is 5.97 Å². The molecule has 0 unspecified atom stereocenters. The molecule has 0 spiro atoms. The molecule has 1 aromatic heterocycles. The second kappa shape index (κ2) is 7.07. The van der Waals surface area contributed by atoms with Crippen molar-refractivity contribution in [1.29, 1.82) is 0 Å². The molecule has 1 rings (SSSR count). The number of carbonyl (C=O) groups is 2. The molecule has 0 aliphatic carbocycles. The fourth-order valence-electron chi connectivity index (χ4n) is 1.92. The summed E-state index contributed by atoms with van der Waals surface area (Å²) in [6.45, 7) is 8.35. The van der Waals surface area contributed by atoms with Crippen LogP contribution >= 0.6 is 0 Å². The van der Waals surface area contributed by atoms with Crippen LogP contribution in [0.5, 0.6) is 0 Å². The number of amides is 1. The maximum Gasteiger partial charge on any atom is 0.326 e. The highest BCUT2D eigenvalue weighted by atomic mass is 16.4. The molecule has 6 nitrogen and oxygen atoms in total. The van der Waals surface area contributed by atoms with Crippen molar-refractivity contribution in [1.82, 2.24) is 15.1 Å². The Morgan fingerprint density at radius 3 is 2.50 bits per heavy atom. The Morgan fingerprint density at radius 2 is 2.05 bits per heavy atom. The maximum atomic E-state index is 12.2. The standard InChI is InChI=1S/C14H23N3O3/c1-5-7-10(14(19)20)15-13(18)12-8-11(9(3)4)16-17(12)6-2/h8-10H,5-7H2,1-4H3,(H,15,18)(H,19,20)/t10-/m0/s1. The first-order valence-corrected chi connectivity index (χ1v) is 7.02. The van der Waals surface area contributed by atoms with E-state index in [-0.39, 0.29) is 11.8 Å². The molecule has 0 fully saturated rings. The number of aromatic nitrogens is 2.